The molecule has 1 fully saturated rings. The van der Waals surface area contributed by atoms with Gasteiger partial charge in [0.2, 0.25) is 5.88 Å². The highest BCUT2D eigenvalue weighted by atomic mass is 16.5. The van der Waals surface area contributed by atoms with Crippen LogP contribution in [0.3, 0.4) is 0 Å². The first-order valence-corrected chi connectivity index (χ1v) is 7.18. The average molecular weight is 265 g/mol. The Hall–Kier alpha value is -1.36. The lowest BCUT2D eigenvalue weighted by molar-refractivity contribution is 0.138. The number of anilines is 1. The monoisotopic (exact) mass is 265 g/mol. The predicted octanol–water partition coefficient (Wildman–Crippen LogP) is 2.42. The summed E-state index contributed by atoms with van der Waals surface area (Å²) in [4.78, 5) is 8.97. The quantitative estimate of drug-likeness (QED) is 0.820. The summed E-state index contributed by atoms with van der Waals surface area (Å²) >= 11 is 0. The van der Waals surface area contributed by atoms with Gasteiger partial charge in [-0.15, -0.1) is 0 Å². The Balaban J connectivity index is 2.07. The minimum atomic E-state index is 0.128. The molecule has 2 heterocycles. The third kappa shape index (κ3) is 4.35. The molecule has 0 aromatic carbocycles. The fraction of sp³-hybridized carbons (Fsp3) is 0.714. The fourth-order valence-electron chi connectivity index (χ4n) is 1.99. The average Bonchev–Trinajstić information content (AvgIpc) is 2.89. The van der Waals surface area contributed by atoms with Gasteiger partial charge in [-0.2, -0.15) is 4.98 Å². The molecule has 5 nitrogen and oxygen atoms in total. The zero-order chi connectivity index (χ0) is 13.5. The third-order valence-corrected chi connectivity index (χ3v) is 2.95. The molecule has 0 amide bonds. The van der Waals surface area contributed by atoms with E-state index in [1.807, 2.05) is 6.07 Å². The van der Waals surface area contributed by atoms with Crippen LogP contribution >= 0.6 is 0 Å². The van der Waals surface area contributed by atoms with Gasteiger partial charge in [0, 0.05) is 25.5 Å². The second-order valence-electron chi connectivity index (χ2n) is 4.79. The number of hydrogen-bond acceptors (Lipinski definition) is 5. The van der Waals surface area contributed by atoms with Crippen LogP contribution in [0.4, 0.5) is 5.82 Å². The summed E-state index contributed by atoms with van der Waals surface area (Å²) in [6, 6.07) is 1.88. The maximum absolute atomic E-state index is 5.87. The van der Waals surface area contributed by atoms with E-state index in [0.29, 0.717) is 12.5 Å². The number of aromatic nitrogens is 2. The van der Waals surface area contributed by atoms with E-state index in [-0.39, 0.29) is 6.10 Å². The van der Waals surface area contributed by atoms with Crippen molar-refractivity contribution in [3.05, 3.63) is 11.9 Å². The number of nitrogens with one attached hydrogen (secondary N) is 1. The van der Waals surface area contributed by atoms with Crippen molar-refractivity contribution in [3.63, 3.8) is 0 Å². The number of aryl methyl sites for hydroxylation is 1. The molecule has 0 aliphatic carbocycles. The molecule has 1 N–H and O–H groups in total. The van der Waals surface area contributed by atoms with Gasteiger partial charge in [-0.05, 0) is 12.8 Å². The highest BCUT2D eigenvalue weighted by molar-refractivity contribution is 5.38. The van der Waals surface area contributed by atoms with Crippen molar-refractivity contribution in [1.82, 2.24) is 9.97 Å². The van der Waals surface area contributed by atoms with Gasteiger partial charge in [-0.1, -0.05) is 13.8 Å². The number of ether oxygens (including phenoxy) is 2. The zero-order valence-corrected chi connectivity index (χ0v) is 11.8. The number of nitrogens with zero attached hydrogens (tertiary/aromatic N) is 2. The van der Waals surface area contributed by atoms with Gasteiger partial charge in [-0.3, -0.25) is 0 Å². The van der Waals surface area contributed by atoms with Crippen LogP contribution in [-0.4, -0.2) is 35.8 Å². The van der Waals surface area contributed by atoms with Crippen LogP contribution < -0.4 is 10.1 Å². The molecule has 0 bridgehead atoms. The Morgan fingerprint density at radius 3 is 2.95 bits per heavy atom. The topological polar surface area (TPSA) is 56.3 Å². The fourth-order valence-corrected chi connectivity index (χ4v) is 1.99. The molecule has 1 unspecified atom stereocenters. The van der Waals surface area contributed by atoms with Gasteiger partial charge in [0.15, 0.2) is 0 Å². The summed E-state index contributed by atoms with van der Waals surface area (Å²) in [7, 11) is 0. The molecular weight excluding hydrogens is 242 g/mol. The molecule has 1 aliphatic rings. The molecule has 1 atom stereocenters. The lowest BCUT2D eigenvalue weighted by Crippen LogP contribution is -2.17. The molecule has 1 saturated heterocycles. The van der Waals surface area contributed by atoms with Crippen molar-refractivity contribution >= 4 is 5.82 Å². The van der Waals surface area contributed by atoms with Gasteiger partial charge in [-0.25, -0.2) is 4.98 Å². The maximum atomic E-state index is 5.87. The maximum Gasteiger partial charge on any atom is 0.219 e. The molecule has 0 saturated carbocycles. The summed E-state index contributed by atoms with van der Waals surface area (Å²) in [6.45, 7) is 6.60. The van der Waals surface area contributed by atoms with E-state index < -0.39 is 0 Å². The molecule has 1 aromatic rings. The normalized spacial score (nSPS) is 18.5. The molecule has 5 heteroatoms. The molecule has 0 spiro atoms. The first-order chi connectivity index (χ1) is 9.31. The van der Waals surface area contributed by atoms with Crippen LogP contribution in [0.5, 0.6) is 5.88 Å². The van der Waals surface area contributed by atoms with Crippen molar-refractivity contribution < 1.29 is 9.47 Å². The first kappa shape index (κ1) is 14.1. The Labute approximate surface area is 114 Å². The Morgan fingerprint density at radius 1 is 1.37 bits per heavy atom. The summed E-state index contributed by atoms with van der Waals surface area (Å²) in [5.74, 6) is 2.36. The van der Waals surface area contributed by atoms with Gasteiger partial charge < -0.3 is 14.8 Å². The number of hydrogen-bond donors (Lipinski definition) is 1. The van der Waals surface area contributed by atoms with Gasteiger partial charge in [0.25, 0.3) is 0 Å². The molecule has 106 valence electrons. The second-order valence-corrected chi connectivity index (χ2v) is 4.79. The van der Waals surface area contributed by atoms with Crippen molar-refractivity contribution in [2.45, 2.75) is 45.6 Å². The van der Waals surface area contributed by atoms with Crippen molar-refractivity contribution in [1.29, 1.82) is 0 Å². The van der Waals surface area contributed by atoms with Gasteiger partial charge in [0.05, 0.1) is 13.2 Å². The Morgan fingerprint density at radius 2 is 2.26 bits per heavy atom. The van der Waals surface area contributed by atoms with Crippen LogP contribution in [0, 0.1) is 0 Å². The Kier molecular flexibility index (Phi) is 5.39. The minimum absolute atomic E-state index is 0.128. The van der Waals surface area contributed by atoms with E-state index >= 15 is 0 Å². The standard InChI is InChI=1S/C14H23N3O2/c1-3-5-12-16-13(15-7-4-2)9-14(17-12)19-11-6-8-18-10-11/h9,11H,3-8,10H2,1-2H3,(H,15,16,17). The SMILES string of the molecule is CCCNc1cc(OC2CCOC2)nc(CCC)n1. The summed E-state index contributed by atoms with van der Waals surface area (Å²) in [6.07, 6.45) is 4.04. The first-order valence-electron chi connectivity index (χ1n) is 7.18. The Bertz CT molecular complexity index is 392. The van der Waals surface area contributed by atoms with Crippen molar-refractivity contribution in [2.24, 2.45) is 0 Å². The smallest absolute Gasteiger partial charge is 0.219 e. The number of rotatable bonds is 7. The highest BCUT2D eigenvalue weighted by Crippen LogP contribution is 2.18. The van der Waals surface area contributed by atoms with E-state index in [1.54, 1.807) is 0 Å². The van der Waals surface area contributed by atoms with Crippen LogP contribution in [0.2, 0.25) is 0 Å². The van der Waals surface area contributed by atoms with E-state index in [4.69, 9.17) is 9.47 Å². The predicted molar refractivity (Wildman–Crippen MR) is 74.7 cm³/mol. The molecular formula is C14H23N3O2. The molecule has 0 radical (unpaired) electrons. The largest absolute Gasteiger partial charge is 0.472 e. The van der Waals surface area contributed by atoms with E-state index in [1.165, 1.54) is 0 Å². The minimum Gasteiger partial charge on any atom is -0.472 e. The van der Waals surface area contributed by atoms with E-state index in [0.717, 1.165) is 50.5 Å². The van der Waals surface area contributed by atoms with Crippen LogP contribution in [-0.2, 0) is 11.2 Å². The van der Waals surface area contributed by atoms with Gasteiger partial charge >= 0.3 is 0 Å². The molecule has 2 rings (SSSR count). The van der Waals surface area contributed by atoms with Crippen LogP contribution in [0.1, 0.15) is 38.9 Å². The van der Waals surface area contributed by atoms with Gasteiger partial charge in [0.1, 0.15) is 17.7 Å². The summed E-state index contributed by atoms with van der Waals surface area (Å²) < 4.78 is 11.2. The lowest BCUT2D eigenvalue weighted by atomic mass is 10.3. The molecule has 1 aromatic heterocycles. The summed E-state index contributed by atoms with van der Waals surface area (Å²) in [5.41, 5.74) is 0. The molecule has 19 heavy (non-hydrogen) atoms. The zero-order valence-electron chi connectivity index (χ0n) is 11.8. The lowest BCUT2D eigenvalue weighted by Gasteiger charge is -2.13. The highest BCUT2D eigenvalue weighted by Gasteiger charge is 2.18. The van der Waals surface area contributed by atoms with E-state index in [9.17, 15) is 0 Å². The van der Waals surface area contributed by atoms with Crippen LogP contribution in [0.15, 0.2) is 6.07 Å². The summed E-state index contributed by atoms with van der Waals surface area (Å²) in [5, 5.41) is 3.30. The third-order valence-electron chi connectivity index (χ3n) is 2.95. The van der Waals surface area contributed by atoms with Crippen LogP contribution in [0.25, 0.3) is 0 Å². The van der Waals surface area contributed by atoms with E-state index in [2.05, 4.69) is 29.1 Å². The second kappa shape index (κ2) is 7.28. The van der Waals surface area contributed by atoms with Crippen molar-refractivity contribution in [3.8, 4) is 5.88 Å². The molecule has 1 aliphatic heterocycles. The van der Waals surface area contributed by atoms with Crippen molar-refractivity contribution in [2.75, 3.05) is 25.1 Å².